The molecule has 2 rings (SSSR count). The molecule has 1 N–H and O–H groups in total. The third-order valence-electron chi connectivity index (χ3n) is 4.52. The van der Waals surface area contributed by atoms with Crippen LogP contribution in [0.5, 0.6) is 17.2 Å². The number of hydrogen-bond donors (Lipinski definition) is 1. The molecule has 0 bridgehead atoms. The molecule has 1 amide bonds. The number of methoxy groups -OCH3 is 3. The lowest BCUT2D eigenvalue weighted by Gasteiger charge is -2.22. The van der Waals surface area contributed by atoms with Crippen molar-refractivity contribution in [1.29, 1.82) is 0 Å². The van der Waals surface area contributed by atoms with Crippen molar-refractivity contribution in [2.45, 2.75) is 20.4 Å². The first-order chi connectivity index (χ1) is 13.5. The quantitative estimate of drug-likeness (QED) is 0.709. The summed E-state index contributed by atoms with van der Waals surface area (Å²) < 4.78 is 30.3. The number of nitrogens with one attached hydrogen (secondary N) is 1. The van der Waals surface area contributed by atoms with Gasteiger partial charge in [0.25, 0.3) is 5.91 Å². The summed E-state index contributed by atoms with van der Waals surface area (Å²) in [4.78, 5) is 14.6. The average molecular weight is 390 g/mol. The molecule has 0 saturated heterocycles. The van der Waals surface area contributed by atoms with Crippen molar-refractivity contribution in [2.24, 2.45) is 0 Å². The second-order valence-corrected chi connectivity index (χ2v) is 6.02. The molecule has 0 heterocycles. The lowest BCUT2D eigenvalue weighted by molar-refractivity contribution is 0.0947. The van der Waals surface area contributed by atoms with Crippen molar-refractivity contribution in [3.8, 4) is 17.2 Å². The highest BCUT2D eigenvalue weighted by molar-refractivity contribution is 5.98. The van der Waals surface area contributed by atoms with E-state index in [2.05, 4.69) is 5.32 Å². The summed E-state index contributed by atoms with van der Waals surface area (Å²) in [7, 11) is 4.44. The highest BCUT2D eigenvalue weighted by atomic mass is 19.1. The van der Waals surface area contributed by atoms with Gasteiger partial charge in [0.05, 0.1) is 32.6 Å². The van der Waals surface area contributed by atoms with Crippen LogP contribution in [0.25, 0.3) is 0 Å². The molecule has 2 aromatic rings. The number of ether oxygens (including phenoxy) is 3. The predicted molar refractivity (Wildman–Crippen MR) is 107 cm³/mol. The molecule has 0 aromatic heterocycles. The average Bonchev–Trinajstić information content (AvgIpc) is 2.72. The van der Waals surface area contributed by atoms with E-state index in [-0.39, 0.29) is 24.0 Å². The van der Waals surface area contributed by atoms with Gasteiger partial charge in [-0.15, -0.1) is 0 Å². The molecule has 0 aliphatic rings. The van der Waals surface area contributed by atoms with E-state index in [0.29, 0.717) is 28.3 Å². The summed E-state index contributed by atoms with van der Waals surface area (Å²) in [5.41, 5.74) is 1.53. The van der Waals surface area contributed by atoms with Crippen molar-refractivity contribution in [2.75, 3.05) is 39.3 Å². The van der Waals surface area contributed by atoms with Gasteiger partial charge < -0.3 is 24.4 Å². The zero-order valence-electron chi connectivity index (χ0n) is 17.0. The molecule has 152 valence electrons. The number of halogens is 1. The molecular weight excluding hydrogens is 363 g/mol. The summed E-state index contributed by atoms with van der Waals surface area (Å²) in [5.74, 6) is 0.421. The van der Waals surface area contributed by atoms with Crippen LogP contribution in [0.15, 0.2) is 30.3 Å². The van der Waals surface area contributed by atoms with Crippen LogP contribution in [-0.2, 0) is 6.54 Å². The lowest BCUT2D eigenvalue weighted by atomic mass is 10.1. The number of anilines is 1. The maximum atomic E-state index is 14.4. The summed E-state index contributed by atoms with van der Waals surface area (Å²) in [5, 5.41) is 2.79. The van der Waals surface area contributed by atoms with E-state index in [1.807, 2.05) is 24.8 Å². The second kappa shape index (κ2) is 9.82. The number of amides is 1. The van der Waals surface area contributed by atoms with Crippen LogP contribution in [0.2, 0.25) is 0 Å². The van der Waals surface area contributed by atoms with E-state index in [9.17, 15) is 9.18 Å². The molecular formula is C21H27FN2O4. The monoisotopic (exact) mass is 390 g/mol. The van der Waals surface area contributed by atoms with Gasteiger partial charge in [-0.1, -0.05) is 6.07 Å². The Morgan fingerprint density at radius 2 is 1.68 bits per heavy atom. The Labute approximate surface area is 165 Å². The Kier molecular flexibility index (Phi) is 7.49. The Bertz CT molecular complexity index is 822. The van der Waals surface area contributed by atoms with Gasteiger partial charge in [0.1, 0.15) is 5.82 Å². The molecule has 0 fully saturated rings. The molecule has 6 nitrogen and oxygen atoms in total. The van der Waals surface area contributed by atoms with Crippen LogP contribution >= 0.6 is 0 Å². The van der Waals surface area contributed by atoms with Crippen LogP contribution in [-0.4, -0.2) is 40.3 Å². The molecule has 2 aromatic carbocycles. The van der Waals surface area contributed by atoms with Crippen molar-refractivity contribution < 1.29 is 23.4 Å². The number of carbonyl (C=O) groups excluding carboxylic acids is 1. The Morgan fingerprint density at radius 3 is 2.21 bits per heavy atom. The normalized spacial score (nSPS) is 10.4. The largest absolute Gasteiger partial charge is 0.493 e. The molecule has 0 spiro atoms. The molecule has 0 saturated carbocycles. The van der Waals surface area contributed by atoms with Gasteiger partial charge in [0.2, 0.25) is 5.75 Å². The third kappa shape index (κ3) is 4.47. The van der Waals surface area contributed by atoms with Gasteiger partial charge >= 0.3 is 0 Å². The Balaban J connectivity index is 2.17. The van der Waals surface area contributed by atoms with Crippen LogP contribution in [0.1, 0.15) is 29.8 Å². The lowest BCUT2D eigenvalue weighted by Crippen LogP contribution is -2.25. The standard InChI is InChI=1S/C21H27FN2O4/c1-6-24(7-2)17-10-8-14(12-16(17)22)13-23-21(25)15-9-11-18(26-3)20(28-5)19(15)27-4/h8-12H,6-7,13H2,1-5H3,(H,23,25). The third-order valence-corrected chi connectivity index (χ3v) is 4.52. The van der Waals surface area contributed by atoms with E-state index in [0.717, 1.165) is 13.1 Å². The first kappa shape index (κ1) is 21.3. The van der Waals surface area contributed by atoms with Gasteiger partial charge in [-0.3, -0.25) is 4.79 Å². The topological polar surface area (TPSA) is 60.0 Å². The van der Waals surface area contributed by atoms with Crippen LogP contribution in [0, 0.1) is 5.82 Å². The van der Waals surface area contributed by atoms with Crippen molar-refractivity contribution in [1.82, 2.24) is 5.32 Å². The number of nitrogens with zero attached hydrogens (tertiary/aromatic N) is 1. The number of benzene rings is 2. The van der Waals surface area contributed by atoms with Crippen molar-refractivity contribution >= 4 is 11.6 Å². The van der Waals surface area contributed by atoms with Gasteiger partial charge in [-0.05, 0) is 43.7 Å². The Morgan fingerprint density at radius 1 is 1.00 bits per heavy atom. The zero-order valence-corrected chi connectivity index (χ0v) is 17.0. The molecule has 28 heavy (non-hydrogen) atoms. The van der Waals surface area contributed by atoms with Gasteiger partial charge in [0, 0.05) is 19.6 Å². The predicted octanol–water partition coefficient (Wildman–Crippen LogP) is 3.63. The fourth-order valence-electron chi connectivity index (χ4n) is 3.04. The molecule has 0 atom stereocenters. The number of hydrogen-bond acceptors (Lipinski definition) is 5. The maximum absolute atomic E-state index is 14.4. The number of carbonyl (C=O) groups is 1. The maximum Gasteiger partial charge on any atom is 0.255 e. The van der Waals surface area contributed by atoms with Crippen LogP contribution in [0.4, 0.5) is 10.1 Å². The zero-order chi connectivity index (χ0) is 20.7. The highest BCUT2D eigenvalue weighted by Crippen LogP contribution is 2.39. The SMILES string of the molecule is CCN(CC)c1ccc(CNC(=O)c2ccc(OC)c(OC)c2OC)cc1F. The van der Waals surface area contributed by atoms with Gasteiger partial charge in [0.15, 0.2) is 11.5 Å². The minimum absolute atomic E-state index is 0.186. The molecule has 0 radical (unpaired) electrons. The number of rotatable bonds is 9. The summed E-state index contributed by atoms with van der Waals surface area (Å²) in [6.45, 7) is 5.60. The van der Waals surface area contributed by atoms with E-state index in [1.165, 1.54) is 27.4 Å². The van der Waals surface area contributed by atoms with E-state index < -0.39 is 0 Å². The van der Waals surface area contributed by atoms with Crippen molar-refractivity contribution in [3.63, 3.8) is 0 Å². The summed E-state index contributed by atoms with van der Waals surface area (Å²) in [6.07, 6.45) is 0. The summed E-state index contributed by atoms with van der Waals surface area (Å²) >= 11 is 0. The summed E-state index contributed by atoms with van der Waals surface area (Å²) in [6, 6.07) is 8.22. The fraction of sp³-hybridized carbons (Fsp3) is 0.381. The first-order valence-electron chi connectivity index (χ1n) is 9.11. The fourth-order valence-corrected chi connectivity index (χ4v) is 3.04. The van der Waals surface area contributed by atoms with E-state index >= 15 is 0 Å². The Hall–Kier alpha value is -2.96. The van der Waals surface area contributed by atoms with Crippen LogP contribution in [0.3, 0.4) is 0 Å². The smallest absolute Gasteiger partial charge is 0.255 e. The molecule has 0 aliphatic heterocycles. The van der Waals surface area contributed by atoms with Crippen molar-refractivity contribution in [3.05, 3.63) is 47.3 Å². The molecule has 0 unspecified atom stereocenters. The minimum Gasteiger partial charge on any atom is -0.493 e. The van der Waals surface area contributed by atoms with E-state index in [4.69, 9.17) is 14.2 Å². The molecule has 0 aliphatic carbocycles. The van der Waals surface area contributed by atoms with Crippen LogP contribution < -0.4 is 24.4 Å². The van der Waals surface area contributed by atoms with Gasteiger partial charge in [-0.25, -0.2) is 4.39 Å². The van der Waals surface area contributed by atoms with Gasteiger partial charge in [-0.2, -0.15) is 0 Å². The highest BCUT2D eigenvalue weighted by Gasteiger charge is 2.20. The van der Waals surface area contributed by atoms with E-state index in [1.54, 1.807) is 18.2 Å². The molecule has 7 heteroatoms. The first-order valence-corrected chi connectivity index (χ1v) is 9.11. The minimum atomic E-state index is -0.356. The second-order valence-electron chi connectivity index (χ2n) is 6.02.